The van der Waals surface area contributed by atoms with E-state index in [0.717, 1.165) is 22.5 Å². The van der Waals surface area contributed by atoms with Crippen LogP contribution >= 0.6 is 15.9 Å². The molecule has 0 bridgehead atoms. The van der Waals surface area contributed by atoms with Gasteiger partial charge in [0.05, 0.1) is 24.3 Å². The summed E-state index contributed by atoms with van der Waals surface area (Å²) in [6.45, 7) is 4.95. The molecule has 21 heavy (non-hydrogen) atoms. The predicted molar refractivity (Wildman–Crippen MR) is 83.9 cm³/mol. The second kappa shape index (κ2) is 5.57. The van der Waals surface area contributed by atoms with E-state index < -0.39 is 0 Å². The number of nitrogens with one attached hydrogen (secondary N) is 1. The van der Waals surface area contributed by atoms with E-state index in [-0.39, 0.29) is 6.04 Å². The third kappa shape index (κ3) is 2.71. The van der Waals surface area contributed by atoms with E-state index in [1.54, 1.807) is 6.20 Å². The van der Waals surface area contributed by atoms with Crippen LogP contribution < -0.4 is 5.32 Å². The van der Waals surface area contributed by atoms with Crippen LogP contribution in [0.3, 0.4) is 0 Å². The Morgan fingerprint density at radius 1 is 1.29 bits per heavy atom. The number of aryl methyl sites for hydroxylation is 1. The van der Waals surface area contributed by atoms with Crippen LogP contribution in [0, 0.1) is 6.92 Å². The Balaban J connectivity index is 1.77. The smallest absolute Gasteiger partial charge is 0.155 e. The second-order valence-corrected chi connectivity index (χ2v) is 5.91. The van der Waals surface area contributed by atoms with Gasteiger partial charge in [0.15, 0.2) is 5.65 Å². The van der Waals surface area contributed by atoms with Gasteiger partial charge in [-0.15, -0.1) is 0 Å². The topological polar surface area (TPSA) is 60.0 Å². The summed E-state index contributed by atoms with van der Waals surface area (Å²) in [7, 11) is 1.96. The zero-order valence-corrected chi connectivity index (χ0v) is 13.8. The Bertz CT molecular complexity index is 775. The van der Waals surface area contributed by atoms with Crippen molar-refractivity contribution in [3.8, 4) is 0 Å². The molecule has 3 aromatic heterocycles. The lowest BCUT2D eigenvalue weighted by atomic mass is 10.1. The van der Waals surface area contributed by atoms with E-state index in [1.165, 1.54) is 11.3 Å². The summed E-state index contributed by atoms with van der Waals surface area (Å²) in [4.78, 5) is 8.54. The lowest BCUT2D eigenvalue weighted by Crippen LogP contribution is -2.19. The number of hydrogen-bond acceptors (Lipinski definition) is 4. The van der Waals surface area contributed by atoms with E-state index in [1.807, 2.05) is 34.7 Å². The average Bonchev–Trinajstić information content (AvgIpc) is 3.01. The van der Waals surface area contributed by atoms with Gasteiger partial charge in [0.1, 0.15) is 4.60 Å². The molecule has 0 aliphatic rings. The molecular weight excluding hydrogens is 332 g/mol. The highest BCUT2D eigenvalue weighted by molar-refractivity contribution is 9.10. The standard InChI is InChI=1S/C14H17BrN6/c1-9(12-6-19-20(3)10(12)2)16-4-11-5-18-14-7-17-13(15)8-21(11)14/h5-9,16H,4H2,1-3H3. The van der Waals surface area contributed by atoms with E-state index in [4.69, 9.17) is 0 Å². The maximum absolute atomic E-state index is 4.36. The van der Waals surface area contributed by atoms with Crippen molar-refractivity contribution >= 4 is 21.6 Å². The fourth-order valence-electron chi connectivity index (χ4n) is 2.36. The lowest BCUT2D eigenvalue weighted by Gasteiger charge is -2.13. The average molecular weight is 349 g/mol. The van der Waals surface area contributed by atoms with Gasteiger partial charge in [0.25, 0.3) is 0 Å². The van der Waals surface area contributed by atoms with Gasteiger partial charge in [0, 0.05) is 37.1 Å². The van der Waals surface area contributed by atoms with Crippen molar-refractivity contribution in [1.29, 1.82) is 0 Å². The summed E-state index contributed by atoms with van der Waals surface area (Å²) >= 11 is 3.39. The van der Waals surface area contributed by atoms with Crippen LogP contribution in [0.1, 0.15) is 29.9 Å². The Hall–Kier alpha value is -1.73. The van der Waals surface area contributed by atoms with Gasteiger partial charge >= 0.3 is 0 Å². The number of hydrogen-bond donors (Lipinski definition) is 1. The number of nitrogens with zero attached hydrogens (tertiary/aromatic N) is 5. The molecule has 0 spiro atoms. The molecule has 1 N–H and O–H groups in total. The molecule has 3 aromatic rings. The van der Waals surface area contributed by atoms with Crippen LogP contribution in [-0.4, -0.2) is 24.1 Å². The van der Waals surface area contributed by atoms with Crippen molar-refractivity contribution in [1.82, 2.24) is 29.5 Å². The lowest BCUT2D eigenvalue weighted by molar-refractivity contribution is 0.562. The van der Waals surface area contributed by atoms with E-state index >= 15 is 0 Å². The Labute approximate surface area is 131 Å². The largest absolute Gasteiger partial charge is 0.304 e. The first-order valence-electron chi connectivity index (χ1n) is 6.75. The summed E-state index contributed by atoms with van der Waals surface area (Å²) in [6, 6.07) is 0.231. The van der Waals surface area contributed by atoms with E-state index in [0.29, 0.717) is 0 Å². The quantitative estimate of drug-likeness (QED) is 0.786. The summed E-state index contributed by atoms with van der Waals surface area (Å²) < 4.78 is 4.72. The monoisotopic (exact) mass is 348 g/mol. The van der Waals surface area contributed by atoms with Crippen LogP contribution in [0.5, 0.6) is 0 Å². The normalized spacial score (nSPS) is 13.0. The number of rotatable bonds is 4. The zero-order chi connectivity index (χ0) is 15.0. The molecular formula is C14H17BrN6. The van der Waals surface area contributed by atoms with Crippen molar-refractivity contribution in [3.05, 3.63) is 46.3 Å². The molecule has 6 nitrogen and oxygen atoms in total. The van der Waals surface area contributed by atoms with Crippen LogP contribution in [0.2, 0.25) is 0 Å². The summed E-state index contributed by atoms with van der Waals surface area (Å²) in [5.41, 5.74) is 4.34. The van der Waals surface area contributed by atoms with Gasteiger partial charge in [0.2, 0.25) is 0 Å². The van der Waals surface area contributed by atoms with Crippen molar-refractivity contribution in [2.75, 3.05) is 0 Å². The Morgan fingerprint density at radius 2 is 2.10 bits per heavy atom. The number of halogens is 1. The molecule has 1 atom stereocenters. The zero-order valence-electron chi connectivity index (χ0n) is 12.2. The minimum atomic E-state index is 0.231. The molecule has 110 valence electrons. The van der Waals surface area contributed by atoms with Gasteiger partial charge in [-0.05, 0) is 29.8 Å². The highest BCUT2D eigenvalue weighted by Gasteiger charge is 2.12. The fourth-order valence-corrected chi connectivity index (χ4v) is 2.66. The van der Waals surface area contributed by atoms with Crippen molar-refractivity contribution in [2.24, 2.45) is 7.05 Å². The second-order valence-electron chi connectivity index (χ2n) is 5.10. The summed E-state index contributed by atoms with van der Waals surface area (Å²) in [5, 5.41) is 7.81. The van der Waals surface area contributed by atoms with E-state index in [2.05, 4.69) is 50.2 Å². The van der Waals surface area contributed by atoms with Crippen molar-refractivity contribution < 1.29 is 0 Å². The predicted octanol–water partition coefficient (Wildman–Crippen LogP) is 2.38. The van der Waals surface area contributed by atoms with Crippen LogP contribution in [0.15, 0.2) is 29.4 Å². The molecule has 0 saturated carbocycles. The molecule has 3 heterocycles. The van der Waals surface area contributed by atoms with Gasteiger partial charge in [-0.25, -0.2) is 9.97 Å². The van der Waals surface area contributed by atoms with Crippen molar-refractivity contribution in [2.45, 2.75) is 26.4 Å². The summed E-state index contributed by atoms with van der Waals surface area (Å²) in [5.74, 6) is 0. The minimum Gasteiger partial charge on any atom is -0.304 e. The van der Waals surface area contributed by atoms with Crippen LogP contribution in [0.4, 0.5) is 0 Å². The number of aromatic nitrogens is 5. The highest BCUT2D eigenvalue weighted by atomic mass is 79.9. The molecule has 3 rings (SSSR count). The minimum absolute atomic E-state index is 0.231. The first-order chi connectivity index (χ1) is 10.1. The fraction of sp³-hybridized carbons (Fsp3) is 0.357. The molecule has 0 amide bonds. The number of imidazole rings is 1. The van der Waals surface area contributed by atoms with Gasteiger partial charge in [-0.2, -0.15) is 5.10 Å². The third-order valence-corrected chi connectivity index (χ3v) is 4.18. The molecule has 0 saturated heterocycles. The molecule has 0 fully saturated rings. The molecule has 0 aromatic carbocycles. The molecule has 0 radical (unpaired) electrons. The Kier molecular flexibility index (Phi) is 3.77. The van der Waals surface area contributed by atoms with E-state index in [9.17, 15) is 0 Å². The highest BCUT2D eigenvalue weighted by Crippen LogP contribution is 2.17. The third-order valence-electron chi connectivity index (χ3n) is 3.77. The van der Waals surface area contributed by atoms with Gasteiger partial charge in [-0.3, -0.25) is 9.08 Å². The van der Waals surface area contributed by atoms with Gasteiger partial charge in [-0.1, -0.05) is 0 Å². The SMILES string of the molecule is Cc1c(C(C)NCc2cnc3cnc(Br)cn23)cnn1C. The maximum Gasteiger partial charge on any atom is 0.155 e. The molecule has 7 heteroatoms. The Morgan fingerprint density at radius 3 is 2.81 bits per heavy atom. The molecule has 1 unspecified atom stereocenters. The van der Waals surface area contributed by atoms with Crippen LogP contribution in [0.25, 0.3) is 5.65 Å². The molecule has 0 aliphatic carbocycles. The first-order valence-corrected chi connectivity index (χ1v) is 7.55. The summed E-state index contributed by atoms with van der Waals surface area (Å²) in [6.07, 6.45) is 7.48. The van der Waals surface area contributed by atoms with Crippen LogP contribution in [-0.2, 0) is 13.6 Å². The number of fused-ring (bicyclic) bond motifs is 1. The van der Waals surface area contributed by atoms with Crippen molar-refractivity contribution in [3.63, 3.8) is 0 Å². The first kappa shape index (κ1) is 14.2. The maximum atomic E-state index is 4.36. The molecule has 0 aliphatic heterocycles. The van der Waals surface area contributed by atoms with Gasteiger partial charge < -0.3 is 5.32 Å².